The summed E-state index contributed by atoms with van der Waals surface area (Å²) in [4.78, 5) is 39.3. The van der Waals surface area contributed by atoms with Crippen LogP contribution in [-0.4, -0.2) is 29.4 Å². The van der Waals surface area contributed by atoms with Gasteiger partial charge in [0.2, 0.25) is 5.91 Å². The average Bonchev–Trinajstić information content (AvgIpc) is 2.82. The van der Waals surface area contributed by atoms with Crippen molar-refractivity contribution in [1.82, 2.24) is 10.6 Å². The van der Waals surface area contributed by atoms with Gasteiger partial charge < -0.3 is 15.4 Å². The Hall–Kier alpha value is -3.93. The van der Waals surface area contributed by atoms with Gasteiger partial charge in [-0.2, -0.15) is 0 Å². The van der Waals surface area contributed by atoms with Crippen LogP contribution in [0, 0.1) is 0 Å². The number of carbonyl (C=O) groups excluding carboxylic acids is 3. The Balaban J connectivity index is 1.85. The molecule has 2 N–H and O–H groups in total. The maximum Gasteiger partial charge on any atom is 0.329 e. The monoisotopic (exact) mass is 458 g/mol. The molecule has 0 unspecified atom stereocenters. The van der Waals surface area contributed by atoms with Crippen molar-refractivity contribution in [2.75, 3.05) is 0 Å². The van der Waals surface area contributed by atoms with Crippen molar-refractivity contribution in [1.29, 1.82) is 0 Å². The Kier molecular flexibility index (Phi) is 8.19. The molecule has 0 aliphatic heterocycles. The predicted octanol–water partition coefficient (Wildman–Crippen LogP) is 4.23. The first-order valence-electron chi connectivity index (χ1n) is 11.2. The number of nitrogens with one attached hydrogen (secondary N) is 2. The van der Waals surface area contributed by atoms with Crippen LogP contribution in [0.1, 0.15) is 48.3 Å². The fraction of sp³-hybridized carbons (Fsp3) is 0.250. The van der Waals surface area contributed by atoms with Gasteiger partial charge in [-0.1, -0.05) is 78.9 Å². The van der Waals surface area contributed by atoms with Crippen LogP contribution in [0.2, 0.25) is 0 Å². The summed E-state index contributed by atoms with van der Waals surface area (Å²) in [5.74, 6) is -1.42. The molecule has 34 heavy (non-hydrogen) atoms. The van der Waals surface area contributed by atoms with E-state index in [4.69, 9.17) is 4.74 Å². The van der Waals surface area contributed by atoms with Crippen LogP contribution in [0.5, 0.6) is 0 Å². The molecule has 3 aromatic rings. The number of amides is 2. The molecular formula is C28H30N2O4. The van der Waals surface area contributed by atoms with Crippen LogP contribution in [0.4, 0.5) is 0 Å². The largest absolute Gasteiger partial charge is 0.458 e. The molecule has 3 rings (SSSR count). The summed E-state index contributed by atoms with van der Waals surface area (Å²) in [7, 11) is 0. The van der Waals surface area contributed by atoms with E-state index in [0.717, 1.165) is 5.56 Å². The van der Waals surface area contributed by atoms with E-state index in [1.165, 1.54) is 0 Å². The molecule has 0 saturated carbocycles. The topological polar surface area (TPSA) is 84.5 Å². The van der Waals surface area contributed by atoms with E-state index in [9.17, 15) is 14.4 Å². The smallest absolute Gasteiger partial charge is 0.329 e. The third-order valence-electron chi connectivity index (χ3n) is 5.00. The van der Waals surface area contributed by atoms with Gasteiger partial charge in [0.05, 0.1) is 0 Å². The van der Waals surface area contributed by atoms with Gasteiger partial charge in [-0.3, -0.25) is 9.59 Å². The maximum atomic E-state index is 13.4. The summed E-state index contributed by atoms with van der Waals surface area (Å²) >= 11 is 0. The summed E-state index contributed by atoms with van der Waals surface area (Å²) in [5, 5.41) is 5.62. The normalized spacial score (nSPS) is 12.8. The summed E-state index contributed by atoms with van der Waals surface area (Å²) in [6.07, 6.45) is 0.260. The van der Waals surface area contributed by atoms with Crippen LogP contribution in [-0.2, 0) is 20.7 Å². The number of ether oxygens (including phenoxy) is 1. The Morgan fingerprint density at radius 3 is 1.85 bits per heavy atom. The lowest BCUT2D eigenvalue weighted by Gasteiger charge is -2.26. The van der Waals surface area contributed by atoms with Crippen LogP contribution in [0.3, 0.4) is 0 Å². The van der Waals surface area contributed by atoms with E-state index in [1.54, 1.807) is 69.3 Å². The second kappa shape index (κ2) is 11.3. The SMILES string of the molecule is CC(C)(C)OC(=O)[C@H](Cc1ccccc1)NC(=O)[C@H](NC(=O)c1ccccc1)c1ccccc1. The van der Waals surface area contributed by atoms with Crippen molar-refractivity contribution in [3.8, 4) is 0 Å². The first kappa shape index (κ1) is 24.7. The summed E-state index contributed by atoms with van der Waals surface area (Å²) < 4.78 is 5.57. The summed E-state index contributed by atoms with van der Waals surface area (Å²) in [6, 6.07) is 25.1. The van der Waals surface area contributed by atoms with Crippen molar-refractivity contribution in [3.63, 3.8) is 0 Å². The number of rotatable bonds is 8. The van der Waals surface area contributed by atoms with E-state index >= 15 is 0 Å². The van der Waals surface area contributed by atoms with Crippen molar-refractivity contribution >= 4 is 17.8 Å². The van der Waals surface area contributed by atoms with E-state index in [0.29, 0.717) is 11.1 Å². The lowest BCUT2D eigenvalue weighted by atomic mass is 10.0. The van der Waals surface area contributed by atoms with Crippen molar-refractivity contribution in [2.45, 2.75) is 44.9 Å². The fourth-order valence-corrected chi connectivity index (χ4v) is 3.42. The third-order valence-corrected chi connectivity index (χ3v) is 5.00. The molecular weight excluding hydrogens is 428 g/mol. The highest BCUT2D eigenvalue weighted by molar-refractivity contribution is 5.98. The number of carbonyl (C=O) groups is 3. The molecule has 2 atom stereocenters. The Morgan fingerprint density at radius 1 is 0.765 bits per heavy atom. The molecule has 2 amide bonds. The molecule has 0 aliphatic carbocycles. The van der Waals surface area contributed by atoms with Gasteiger partial charge in [-0.25, -0.2) is 4.79 Å². The van der Waals surface area contributed by atoms with E-state index in [-0.39, 0.29) is 12.3 Å². The van der Waals surface area contributed by atoms with Crippen molar-refractivity contribution in [3.05, 3.63) is 108 Å². The quantitative estimate of drug-likeness (QED) is 0.495. The second-order valence-electron chi connectivity index (χ2n) is 8.97. The van der Waals surface area contributed by atoms with Gasteiger partial charge in [0.15, 0.2) is 0 Å². The lowest BCUT2D eigenvalue weighted by molar-refractivity contribution is -0.158. The standard InChI is InChI=1S/C28H30N2O4/c1-28(2,3)34-27(33)23(19-20-13-7-4-8-14-20)29-26(32)24(21-15-9-5-10-16-21)30-25(31)22-17-11-6-12-18-22/h4-18,23-24H,19H2,1-3H3,(H,29,32)(H,30,31)/t23-,24+/m0/s1. The molecule has 176 valence electrons. The van der Waals surface area contributed by atoms with E-state index in [2.05, 4.69) is 10.6 Å². The molecule has 0 aromatic heterocycles. The van der Waals surface area contributed by atoms with Crippen molar-refractivity contribution in [2.24, 2.45) is 0 Å². The maximum absolute atomic E-state index is 13.4. The number of hydrogen-bond acceptors (Lipinski definition) is 4. The lowest BCUT2D eigenvalue weighted by Crippen LogP contribution is -2.49. The van der Waals surface area contributed by atoms with Gasteiger partial charge in [-0.15, -0.1) is 0 Å². The molecule has 0 bridgehead atoms. The molecule has 3 aromatic carbocycles. The van der Waals surface area contributed by atoms with Crippen LogP contribution in [0.25, 0.3) is 0 Å². The highest BCUT2D eigenvalue weighted by Crippen LogP contribution is 2.17. The third kappa shape index (κ3) is 7.30. The highest BCUT2D eigenvalue weighted by atomic mass is 16.6. The first-order valence-corrected chi connectivity index (χ1v) is 11.2. The molecule has 0 fully saturated rings. The molecule has 0 spiro atoms. The minimum atomic E-state index is -0.991. The first-order chi connectivity index (χ1) is 16.2. The molecule has 0 radical (unpaired) electrons. The molecule has 6 nitrogen and oxygen atoms in total. The van der Waals surface area contributed by atoms with Crippen LogP contribution >= 0.6 is 0 Å². The summed E-state index contributed by atoms with van der Waals surface area (Å²) in [5.41, 5.74) is 1.20. The van der Waals surface area contributed by atoms with Crippen LogP contribution < -0.4 is 10.6 Å². The van der Waals surface area contributed by atoms with Gasteiger partial charge in [0.25, 0.3) is 5.91 Å². The minimum Gasteiger partial charge on any atom is -0.458 e. The highest BCUT2D eigenvalue weighted by Gasteiger charge is 2.31. The average molecular weight is 459 g/mol. The number of hydrogen-bond donors (Lipinski definition) is 2. The van der Waals surface area contributed by atoms with Crippen molar-refractivity contribution < 1.29 is 19.1 Å². The van der Waals surface area contributed by atoms with Gasteiger partial charge >= 0.3 is 5.97 Å². The molecule has 6 heteroatoms. The number of benzene rings is 3. The van der Waals surface area contributed by atoms with Gasteiger partial charge in [0, 0.05) is 12.0 Å². The Bertz CT molecular complexity index is 1090. The van der Waals surface area contributed by atoms with Crippen LogP contribution in [0.15, 0.2) is 91.0 Å². The Morgan fingerprint density at radius 2 is 1.29 bits per heavy atom. The molecule has 0 aliphatic rings. The predicted molar refractivity (Wildman–Crippen MR) is 131 cm³/mol. The minimum absolute atomic E-state index is 0.260. The van der Waals surface area contributed by atoms with E-state index < -0.39 is 29.6 Å². The van der Waals surface area contributed by atoms with E-state index in [1.807, 2.05) is 42.5 Å². The number of esters is 1. The zero-order valence-corrected chi connectivity index (χ0v) is 19.7. The molecule has 0 saturated heterocycles. The molecule has 0 heterocycles. The summed E-state index contributed by atoms with van der Waals surface area (Å²) in [6.45, 7) is 5.33. The fourth-order valence-electron chi connectivity index (χ4n) is 3.42. The van der Waals surface area contributed by atoms with Gasteiger partial charge in [-0.05, 0) is 44.0 Å². The second-order valence-corrected chi connectivity index (χ2v) is 8.97. The Labute approximate surface area is 200 Å². The van der Waals surface area contributed by atoms with Gasteiger partial charge in [0.1, 0.15) is 17.7 Å². The zero-order valence-electron chi connectivity index (χ0n) is 19.7. The zero-order chi connectivity index (χ0) is 24.6.